The zero-order chi connectivity index (χ0) is 16.7. The van der Waals surface area contributed by atoms with Gasteiger partial charge in [0.1, 0.15) is 5.82 Å². The third-order valence-corrected chi connectivity index (χ3v) is 6.08. The SMILES string of the molecule is Cc1cscc1Cn1c(C2CC2)nnc1N1CCC(C(N)=O)CC1. The van der Waals surface area contributed by atoms with Gasteiger partial charge in [0, 0.05) is 24.9 Å². The van der Waals surface area contributed by atoms with Crippen molar-refractivity contribution in [2.45, 2.75) is 45.1 Å². The van der Waals surface area contributed by atoms with Gasteiger partial charge >= 0.3 is 0 Å². The van der Waals surface area contributed by atoms with Crippen molar-refractivity contribution in [1.82, 2.24) is 14.8 Å². The Balaban J connectivity index is 1.59. The molecule has 1 amide bonds. The number of anilines is 1. The van der Waals surface area contributed by atoms with Gasteiger partial charge in [-0.25, -0.2) is 0 Å². The van der Waals surface area contributed by atoms with E-state index < -0.39 is 0 Å². The molecule has 0 spiro atoms. The summed E-state index contributed by atoms with van der Waals surface area (Å²) in [6.45, 7) is 4.63. The van der Waals surface area contributed by atoms with Gasteiger partial charge in [-0.05, 0) is 54.5 Å². The summed E-state index contributed by atoms with van der Waals surface area (Å²) < 4.78 is 2.29. The summed E-state index contributed by atoms with van der Waals surface area (Å²) in [4.78, 5) is 13.7. The summed E-state index contributed by atoms with van der Waals surface area (Å²) in [5.74, 6) is 2.45. The largest absolute Gasteiger partial charge is 0.369 e. The Morgan fingerprint density at radius 1 is 1.25 bits per heavy atom. The molecule has 128 valence electrons. The molecule has 1 aliphatic carbocycles. The maximum absolute atomic E-state index is 11.4. The normalized spacial score (nSPS) is 19.0. The lowest BCUT2D eigenvalue weighted by Gasteiger charge is -2.31. The number of hydrogen-bond acceptors (Lipinski definition) is 5. The summed E-state index contributed by atoms with van der Waals surface area (Å²) in [5.41, 5.74) is 8.12. The predicted octanol–water partition coefficient (Wildman–Crippen LogP) is 2.28. The van der Waals surface area contributed by atoms with E-state index in [0.29, 0.717) is 5.92 Å². The van der Waals surface area contributed by atoms with E-state index in [1.165, 1.54) is 24.0 Å². The molecular weight excluding hydrogens is 322 g/mol. The Kier molecular flexibility index (Phi) is 4.04. The van der Waals surface area contributed by atoms with E-state index in [1.54, 1.807) is 11.3 Å². The van der Waals surface area contributed by atoms with E-state index in [0.717, 1.165) is 44.2 Å². The number of amides is 1. The van der Waals surface area contributed by atoms with Crippen LogP contribution in [0, 0.1) is 12.8 Å². The van der Waals surface area contributed by atoms with Gasteiger partial charge in [0.15, 0.2) is 0 Å². The summed E-state index contributed by atoms with van der Waals surface area (Å²) in [5, 5.41) is 13.4. The molecule has 2 aromatic rings. The number of nitrogens with two attached hydrogens (primary N) is 1. The predicted molar refractivity (Wildman–Crippen MR) is 94.3 cm³/mol. The Bertz CT molecular complexity index is 740. The molecule has 0 radical (unpaired) electrons. The molecule has 0 aromatic carbocycles. The fraction of sp³-hybridized carbons (Fsp3) is 0.588. The number of aryl methyl sites for hydroxylation is 1. The molecule has 0 unspecified atom stereocenters. The lowest BCUT2D eigenvalue weighted by atomic mass is 9.96. The first-order valence-electron chi connectivity index (χ1n) is 8.62. The number of carbonyl (C=O) groups excluding carboxylic acids is 1. The van der Waals surface area contributed by atoms with Crippen LogP contribution in [-0.4, -0.2) is 33.8 Å². The summed E-state index contributed by atoms with van der Waals surface area (Å²) in [6, 6.07) is 0. The third-order valence-electron chi connectivity index (χ3n) is 5.17. The second kappa shape index (κ2) is 6.20. The van der Waals surface area contributed by atoms with Crippen molar-refractivity contribution < 1.29 is 4.79 Å². The van der Waals surface area contributed by atoms with Crippen molar-refractivity contribution in [3.63, 3.8) is 0 Å². The molecule has 2 aliphatic rings. The number of carbonyl (C=O) groups is 1. The summed E-state index contributed by atoms with van der Waals surface area (Å²) >= 11 is 1.74. The van der Waals surface area contributed by atoms with Crippen LogP contribution in [0.1, 0.15) is 48.6 Å². The van der Waals surface area contributed by atoms with Gasteiger partial charge in [-0.3, -0.25) is 9.36 Å². The molecule has 7 heteroatoms. The van der Waals surface area contributed by atoms with E-state index in [2.05, 4.69) is 37.3 Å². The molecule has 2 fully saturated rings. The first kappa shape index (κ1) is 15.6. The maximum atomic E-state index is 11.4. The lowest BCUT2D eigenvalue weighted by molar-refractivity contribution is -0.122. The highest BCUT2D eigenvalue weighted by Crippen LogP contribution is 2.40. The Hall–Kier alpha value is -1.89. The van der Waals surface area contributed by atoms with Crippen molar-refractivity contribution in [1.29, 1.82) is 0 Å². The smallest absolute Gasteiger partial charge is 0.227 e. The molecule has 2 aromatic heterocycles. The number of hydrogen-bond donors (Lipinski definition) is 1. The highest BCUT2D eigenvalue weighted by Gasteiger charge is 2.33. The molecule has 0 atom stereocenters. The number of rotatable bonds is 5. The average Bonchev–Trinajstić information content (AvgIpc) is 3.22. The number of piperidine rings is 1. The molecule has 0 bridgehead atoms. The van der Waals surface area contributed by atoms with Crippen LogP contribution in [0.2, 0.25) is 0 Å². The Morgan fingerprint density at radius 3 is 2.58 bits per heavy atom. The Labute approximate surface area is 145 Å². The number of primary amides is 1. The zero-order valence-corrected chi connectivity index (χ0v) is 14.8. The first-order chi connectivity index (χ1) is 11.6. The highest BCUT2D eigenvalue weighted by atomic mass is 32.1. The van der Waals surface area contributed by atoms with Crippen LogP contribution in [-0.2, 0) is 11.3 Å². The van der Waals surface area contributed by atoms with Crippen LogP contribution in [0.4, 0.5) is 5.95 Å². The molecule has 4 rings (SSSR count). The zero-order valence-electron chi connectivity index (χ0n) is 13.9. The molecule has 1 aliphatic heterocycles. The number of aromatic nitrogens is 3. The topological polar surface area (TPSA) is 77.0 Å². The minimum Gasteiger partial charge on any atom is -0.369 e. The van der Waals surface area contributed by atoms with Gasteiger partial charge in [0.05, 0.1) is 6.54 Å². The van der Waals surface area contributed by atoms with Gasteiger partial charge in [0.25, 0.3) is 0 Å². The van der Waals surface area contributed by atoms with Crippen molar-refractivity contribution in [2.24, 2.45) is 11.7 Å². The summed E-state index contributed by atoms with van der Waals surface area (Å²) in [6.07, 6.45) is 4.03. The fourth-order valence-electron chi connectivity index (χ4n) is 3.42. The van der Waals surface area contributed by atoms with Gasteiger partial charge < -0.3 is 10.6 Å². The number of thiophene rings is 1. The quantitative estimate of drug-likeness (QED) is 0.902. The highest BCUT2D eigenvalue weighted by molar-refractivity contribution is 7.08. The maximum Gasteiger partial charge on any atom is 0.227 e. The fourth-order valence-corrected chi connectivity index (χ4v) is 4.27. The van der Waals surface area contributed by atoms with Crippen molar-refractivity contribution in [2.75, 3.05) is 18.0 Å². The van der Waals surface area contributed by atoms with Gasteiger partial charge in [-0.15, -0.1) is 10.2 Å². The van der Waals surface area contributed by atoms with E-state index >= 15 is 0 Å². The second-order valence-corrected chi connectivity index (χ2v) is 7.71. The van der Waals surface area contributed by atoms with Crippen LogP contribution in [0.15, 0.2) is 10.8 Å². The van der Waals surface area contributed by atoms with Crippen molar-refractivity contribution >= 4 is 23.2 Å². The molecule has 2 N–H and O–H groups in total. The molecule has 6 nitrogen and oxygen atoms in total. The molecule has 24 heavy (non-hydrogen) atoms. The first-order valence-corrected chi connectivity index (χ1v) is 9.56. The van der Waals surface area contributed by atoms with E-state index in [-0.39, 0.29) is 11.8 Å². The van der Waals surface area contributed by atoms with E-state index in [1.807, 2.05) is 0 Å². The summed E-state index contributed by atoms with van der Waals surface area (Å²) in [7, 11) is 0. The van der Waals surface area contributed by atoms with Crippen LogP contribution in [0.25, 0.3) is 0 Å². The van der Waals surface area contributed by atoms with Crippen LogP contribution in [0.5, 0.6) is 0 Å². The standard InChI is InChI=1S/C17H23N5OS/c1-11-9-24-10-14(11)8-22-16(13-2-3-13)19-20-17(22)21-6-4-12(5-7-21)15(18)23/h9-10,12-13H,2-8H2,1H3,(H2,18,23). The molecule has 1 saturated heterocycles. The monoisotopic (exact) mass is 345 g/mol. The molecular formula is C17H23N5OS. The molecule has 3 heterocycles. The van der Waals surface area contributed by atoms with Crippen molar-refractivity contribution in [3.05, 3.63) is 27.7 Å². The van der Waals surface area contributed by atoms with Crippen LogP contribution >= 0.6 is 11.3 Å². The van der Waals surface area contributed by atoms with Crippen LogP contribution < -0.4 is 10.6 Å². The van der Waals surface area contributed by atoms with Gasteiger partial charge in [0.2, 0.25) is 11.9 Å². The van der Waals surface area contributed by atoms with E-state index in [9.17, 15) is 4.79 Å². The van der Waals surface area contributed by atoms with Crippen LogP contribution in [0.3, 0.4) is 0 Å². The van der Waals surface area contributed by atoms with Gasteiger partial charge in [-0.2, -0.15) is 11.3 Å². The average molecular weight is 345 g/mol. The minimum atomic E-state index is -0.177. The minimum absolute atomic E-state index is 0.000331. The number of nitrogens with zero attached hydrogens (tertiary/aromatic N) is 4. The third kappa shape index (κ3) is 2.92. The molecule has 1 saturated carbocycles. The van der Waals surface area contributed by atoms with E-state index in [4.69, 9.17) is 5.73 Å². The van der Waals surface area contributed by atoms with Crippen molar-refractivity contribution in [3.8, 4) is 0 Å². The van der Waals surface area contributed by atoms with Gasteiger partial charge in [-0.1, -0.05) is 0 Å². The Morgan fingerprint density at radius 2 is 2.00 bits per heavy atom. The lowest BCUT2D eigenvalue weighted by Crippen LogP contribution is -2.39. The second-order valence-electron chi connectivity index (χ2n) is 6.96.